The third kappa shape index (κ3) is 4.05. The molecule has 1 aliphatic carbocycles. The minimum absolute atomic E-state index is 0.250. The first-order chi connectivity index (χ1) is 10.8. The molecular weight excluding hydrogens is 274 g/mol. The van der Waals surface area contributed by atoms with Crippen LogP contribution in [-0.2, 0) is 0 Å². The molecule has 0 N–H and O–H groups in total. The second-order valence-electron chi connectivity index (χ2n) is 5.96. The highest BCUT2D eigenvalue weighted by atomic mass is 16.5. The molecule has 0 bridgehead atoms. The molecule has 1 unspecified atom stereocenters. The van der Waals surface area contributed by atoms with Gasteiger partial charge in [0.25, 0.3) is 0 Å². The van der Waals surface area contributed by atoms with Gasteiger partial charge >= 0.3 is 0 Å². The fourth-order valence-corrected chi connectivity index (χ4v) is 3.38. The average molecular weight is 299 g/mol. The zero-order valence-electron chi connectivity index (χ0n) is 13.4. The largest absolute Gasteiger partial charge is 0.496 e. The van der Waals surface area contributed by atoms with E-state index < -0.39 is 0 Å². The van der Waals surface area contributed by atoms with E-state index in [1.54, 1.807) is 7.11 Å². The summed E-state index contributed by atoms with van der Waals surface area (Å²) in [6, 6.07) is 6.45. The predicted molar refractivity (Wildman–Crippen MR) is 90.4 cm³/mol. The summed E-state index contributed by atoms with van der Waals surface area (Å²) in [5.41, 5.74) is 11.2. The summed E-state index contributed by atoms with van der Waals surface area (Å²) in [7, 11) is 1.74. The van der Waals surface area contributed by atoms with Gasteiger partial charge < -0.3 is 4.74 Å². The van der Waals surface area contributed by atoms with Crippen molar-refractivity contribution in [2.75, 3.05) is 13.7 Å². The van der Waals surface area contributed by atoms with Gasteiger partial charge in [-0.25, -0.2) is 0 Å². The fraction of sp³-hybridized carbons (Fsp3) is 0.556. The summed E-state index contributed by atoms with van der Waals surface area (Å²) >= 11 is 0. The summed E-state index contributed by atoms with van der Waals surface area (Å²) in [4.78, 5) is 2.92. The quantitative estimate of drug-likeness (QED) is 0.262. The van der Waals surface area contributed by atoms with E-state index in [4.69, 9.17) is 10.3 Å². The van der Waals surface area contributed by atoms with Gasteiger partial charge in [0.05, 0.1) is 7.11 Å². The van der Waals surface area contributed by atoms with Crippen molar-refractivity contribution >= 4 is 0 Å². The number of hydrogen-bond donors (Lipinski definition) is 0. The van der Waals surface area contributed by atoms with E-state index in [9.17, 15) is 0 Å². The number of azide groups is 1. The first-order valence-electron chi connectivity index (χ1n) is 8.09. The van der Waals surface area contributed by atoms with Crippen LogP contribution in [0, 0.1) is 0 Å². The van der Waals surface area contributed by atoms with Gasteiger partial charge in [0.2, 0.25) is 0 Å². The Kier molecular flexibility index (Phi) is 6.35. The minimum Gasteiger partial charge on any atom is -0.496 e. The van der Waals surface area contributed by atoms with Crippen molar-refractivity contribution < 1.29 is 4.74 Å². The molecule has 1 aromatic carbocycles. The highest BCUT2D eigenvalue weighted by Gasteiger charge is 2.22. The topological polar surface area (TPSA) is 58.0 Å². The maximum Gasteiger partial charge on any atom is 0.122 e. The van der Waals surface area contributed by atoms with Crippen molar-refractivity contribution in [3.8, 4) is 5.75 Å². The zero-order chi connectivity index (χ0) is 15.8. The molecular formula is C18H25N3O. The third-order valence-electron chi connectivity index (χ3n) is 4.60. The highest BCUT2D eigenvalue weighted by Crippen LogP contribution is 2.40. The third-order valence-corrected chi connectivity index (χ3v) is 4.60. The van der Waals surface area contributed by atoms with Crippen LogP contribution in [0.5, 0.6) is 5.75 Å². The Morgan fingerprint density at radius 1 is 1.45 bits per heavy atom. The lowest BCUT2D eigenvalue weighted by Gasteiger charge is -2.20. The van der Waals surface area contributed by atoms with E-state index in [1.165, 1.54) is 36.8 Å². The summed E-state index contributed by atoms with van der Waals surface area (Å²) in [6.45, 7) is 4.29. The second kappa shape index (κ2) is 8.50. The van der Waals surface area contributed by atoms with Gasteiger partial charge in [0.1, 0.15) is 5.75 Å². The van der Waals surface area contributed by atoms with Crippen LogP contribution in [0.3, 0.4) is 0 Å². The molecule has 1 atom stereocenters. The molecule has 0 heterocycles. The van der Waals surface area contributed by atoms with Gasteiger partial charge in [-0.1, -0.05) is 36.2 Å². The van der Waals surface area contributed by atoms with Gasteiger partial charge in [-0.3, -0.25) is 0 Å². The Balaban J connectivity index is 2.28. The number of allylic oxidation sites excluding steroid dienone is 1. The van der Waals surface area contributed by atoms with Gasteiger partial charge in [-0.2, -0.15) is 0 Å². The molecule has 0 aliphatic heterocycles. The van der Waals surface area contributed by atoms with Crippen LogP contribution in [0.25, 0.3) is 10.4 Å². The second-order valence-corrected chi connectivity index (χ2v) is 5.96. The lowest BCUT2D eigenvalue weighted by atomic mass is 9.88. The summed E-state index contributed by atoms with van der Waals surface area (Å²) in [5, 5.41) is 3.79. The smallest absolute Gasteiger partial charge is 0.122 e. The van der Waals surface area contributed by atoms with Crippen LogP contribution in [0.2, 0.25) is 0 Å². The number of methoxy groups -OCH3 is 1. The van der Waals surface area contributed by atoms with Crippen LogP contribution in [0.4, 0.5) is 0 Å². The van der Waals surface area contributed by atoms with E-state index >= 15 is 0 Å². The number of nitrogens with zero attached hydrogens (tertiary/aromatic N) is 3. The molecule has 0 amide bonds. The lowest BCUT2D eigenvalue weighted by Crippen LogP contribution is -2.05. The number of rotatable bonds is 8. The first-order valence-corrected chi connectivity index (χ1v) is 8.09. The number of benzene rings is 1. The van der Waals surface area contributed by atoms with Gasteiger partial charge in [0, 0.05) is 11.5 Å². The fourth-order valence-electron chi connectivity index (χ4n) is 3.38. The molecule has 1 aromatic rings. The van der Waals surface area contributed by atoms with Crippen LogP contribution < -0.4 is 4.74 Å². The lowest BCUT2D eigenvalue weighted by molar-refractivity contribution is 0.405. The van der Waals surface area contributed by atoms with Gasteiger partial charge in [-0.05, 0) is 60.2 Å². The first kappa shape index (κ1) is 16.4. The molecule has 118 valence electrons. The van der Waals surface area contributed by atoms with Crippen molar-refractivity contribution in [1.29, 1.82) is 0 Å². The van der Waals surface area contributed by atoms with Crippen LogP contribution in [0.1, 0.15) is 61.5 Å². The SMILES string of the molecule is C=CCCC(CN=[N+]=[N-])c1ccc(OC)c(C2CCCC2)c1. The molecule has 4 heteroatoms. The Hall–Kier alpha value is -1.93. The van der Waals surface area contributed by atoms with E-state index in [2.05, 4.69) is 34.8 Å². The molecule has 22 heavy (non-hydrogen) atoms. The van der Waals surface area contributed by atoms with Gasteiger partial charge in [-0.15, -0.1) is 6.58 Å². The Labute approximate surface area is 132 Å². The molecule has 2 rings (SSSR count). The summed E-state index contributed by atoms with van der Waals surface area (Å²) in [5.74, 6) is 1.84. The van der Waals surface area contributed by atoms with E-state index in [-0.39, 0.29) is 5.92 Å². The van der Waals surface area contributed by atoms with Crippen molar-refractivity contribution in [2.45, 2.75) is 50.4 Å². The van der Waals surface area contributed by atoms with Crippen molar-refractivity contribution in [1.82, 2.24) is 0 Å². The van der Waals surface area contributed by atoms with E-state index in [0.717, 1.165) is 18.6 Å². The van der Waals surface area contributed by atoms with Crippen LogP contribution in [0.15, 0.2) is 36.0 Å². The molecule has 0 spiro atoms. The van der Waals surface area contributed by atoms with Crippen LogP contribution in [-0.4, -0.2) is 13.7 Å². The minimum atomic E-state index is 0.250. The maximum atomic E-state index is 8.62. The summed E-state index contributed by atoms with van der Waals surface area (Å²) < 4.78 is 5.56. The number of hydrogen-bond acceptors (Lipinski definition) is 2. The van der Waals surface area contributed by atoms with Gasteiger partial charge in [0.15, 0.2) is 0 Å². The monoisotopic (exact) mass is 299 g/mol. The Morgan fingerprint density at radius 2 is 2.23 bits per heavy atom. The zero-order valence-corrected chi connectivity index (χ0v) is 13.4. The molecule has 1 aliphatic rings. The summed E-state index contributed by atoms with van der Waals surface area (Å²) in [6.07, 6.45) is 8.90. The molecule has 4 nitrogen and oxygen atoms in total. The molecule has 0 radical (unpaired) electrons. The van der Waals surface area contributed by atoms with Crippen molar-refractivity contribution in [3.05, 3.63) is 52.4 Å². The van der Waals surface area contributed by atoms with E-state index in [1.807, 2.05) is 6.08 Å². The standard InChI is InChI=1S/C18H25N3O/c1-3-4-7-16(13-20-21-19)15-10-11-18(22-2)17(12-15)14-8-5-6-9-14/h3,10-12,14,16H,1,4-9,13H2,2H3. The van der Waals surface area contributed by atoms with E-state index in [0.29, 0.717) is 12.5 Å². The number of ether oxygens (including phenoxy) is 1. The Bertz CT molecular complexity index is 543. The predicted octanol–water partition coefficient (Wildman–Crippen LogP) is 5.71. The molecule has 1 fully saturated rings. The van der Waals surface area contributed by atoms with Crippen molar-refractivity contribution in [2.24, 2.45) is 5.11 Å². The average Bonchev–Trinajstić information content (AvgIpc) is 3.09. The van der Waals surface area contributed by atoms with Crippen molar-refractivity contribution in [3.63, 3.8) is 0 Å². The molecule has 1 saturated carbocycles. The normalized spacial score (nSPS) is 16.0. The molecule has 0 saturated heterocycles. The maximum absolute atomic E-state index is 8.62. The Morgan fingerprint density at radius 3 is 2.86 bits per heavy atom. The van der Waals surface area contributed by atoms with Crippen LogP contribution >= 0.6 is 0 Å². The highest BCUT2D eigenvalue weighted by molar-refractivity contribution is 5.41. The molecule has 0 aromatic heterocycles.